The molecule has 9 heteroatoms. The lowest BCUT2D eigenvalue weighted by Crippen LogP contribution is -2.27. The van der Waals surface area contributed by atoms with Crippen LogP contribution in [0.5, 0.6) is 5.75 Å². The fourth-order valence-electron chi connectivity index (χ4n) is 2.08. The van der Waals surface area contributed by atoms with Crippen LogP contribution in [0.25, 0.3) is 0 Å². The van der Waals surface area contributed by atoms with Gasteiger partial charge in [0, 0.05) is 31.1 Å². The number of hydrogen-bond donors (Lipinski definition) is 0. The summed E-state index contributed by atoms with van der Waals surface area (Å²) in [5, 5.41) is 11.1. The first-order valence-electron chi connectivity index (χ1n) is 6.90. The normalized spacial score (nSPS) is 10.2. The summed E-state index contributed by atoms with van der Waals surface area (Å²) < 4.78 is 5.02. The van der Waals surface area contributed by atoms with Gasteiger partial charge in [-0.25, -0.2) is 0 Å². The molecule has 0 saturated carbocycles. The SMILES string of the molecule is CC(=O)Oc1ccc(Cl)cc1C(=O)N(C)c1ccc([N+](=O)[O-])cc1Cl. The molecular formula is C16H12Cl2N2O5. The lowest BCUT2D eigenvalue weighted by atomic mass is 10.1. The molecule has 25 heavy (non-hydrogen) atoms. The summed E-state index contributed by atoms with van der Waals surface area (Å²) in [7, 11) is 1.44. The molecule has 0 bridgehead atoms. The average Bonchev–Trinajstić information content (AvgIpc) is 2.54. The Hall–Kier alpha value is -2.64. The highest BCUT2D eigenvalue weighted by atomic mass is 35.5. The van der Waals surface area contributed by atoms with E-state index in [1.165, 1.54) is 49.2 Å². The number of halogens is 2. The van der Waals surface area contributed by atoms with Crippen LogP contribution in [0.4, 0.5) is 11.4 Å². The highest BCUT2D eigenvalue weighted by Gasteiger charge is 2.22. The van der Waals surface area contributed by atoms with E-state index in [-0.39, 0.29) is 32.7 Å². The van der Waals surface area contributed by atoms with Crippen LogP contribution in [-0.2, 0) is 4.79 Å². The van der Waals surface area contributed by atoms with Crippen molar-refractivity contribution in [1.82, 2.24) is 0 Å². The maximum atomic E-state index is 12.8. The van der Waals surface area contributed by atoms with Gasteiger partial charge in [0.15, 0.2) is 0 Å². The van der Waals surface area contributed by atoms with Gasteiger partial charge in [0.05, 0.1) is 21.2 Å². The largest absolute Gasteiger partial charge is 0.426 e. The van der Waals surface area contributed by atoms with E-state index in [2.05, 4.69) is 0 Å². The fourth-order valence-corrected chi connectivity index (χ4v) is 2.56. The van der Waals surface area contributed by atoms with E-state index in [0.717, 1.165) is 6.07 Å². The summed E-state index contributed by atoms with van der Waals surface area (Å²) in [6.45, 7) is 1.21. The highest BCUT2D eigenvalue weighted by Crippen LogP contribution is 2.32. The summed E-state index contributed by atoms with van der Waals surface area (Å²) in [5.74, 6) is -1.09. The van der Waals surface area contributed by atoms with Gasteiger partial charge in [-0.15, -0.1) is 0 Å². The molecule has 0 heterocycles. The molecule has 0 N–H and O–H groups in total. The molecule has 0 atom stereocenters. The minimum Gasteiger partial charge on any atom is -0.426 e. The Morgan fingerprint density at radius 1 is 1.16 bits per heavy atom. The van der Waals surface area contributed by atoms with Gasteiger partial charge < -0.3 is 9.64 Å². The number of esters is 1. The second-order valence-corrected chi connectivity index (χ2v) is 5.83. The van der Waals surface area contributed by atoms with Crippen LogP contribution < -0.4 is 9.64 Å². The second-order valence-electron chi connectivity index (χ2n) is 4.99. The van der Waals surface area contributed by atoms with Gasteiger partial charge in [-0.1, -0.05) is 23.2 Å². The molecule has 0 fully saturated rings. The molecule has 1 amide bonds. The molecule has 130 valence electrons. The lowest BCUT2D eigenvalue weighted by Gasteiger charge is -2.20. The van der Waals surface area contributed by atoms with E-state index in [1.807, 2.05) is 0 Å². The number of carbonyl (C=O) groups excluding carboxylic acids is 2. The molecule has 0 unspecified atom stereocenters. The van der Waals surface area contributed by atoms with Crippen LogP contribution in [0.2, 0.25) is 10.0 Å². The molecule has 0 aliphatic heterocycles. The van der Waals surface area contributed by atoms with Gasteiger partial charge in [0.25, 0.3) is 11.6 Å². The molecule has 0 aromatic heterocycles. The molecular weight excluding hydrogens is 371 g/mol. The number of amides is 1. The number of nitro groups is 1. The topological polar surface area (TPSA) is 89.8 Å². The maximum Gasteiger partial charge on any atom is 0.308 e. The van der Waals surface area contributed by atoms with Crippen LogP contribution in [0.1, 0.15) is 17.3 Å². The highest BCUT2D eigenvalue weighted by molar-refractivity contribution is 6.34. The molecule has 7 nitrogen and oxygen atoms in total. The Morgan fingerprint density at radius 2 is 1.84 bits per heavy atom. The third-order valence-corrected chi connectivity index (χ3v) is 3.77. The molecule has 0 spiro atoms. The van der Waals surface area contributed by atoms with E-state index in [9.17, 15) is 19.7 Å². The zero-order valence-electron chi connectivity index (χ0n) is 13.2. The summed E-state index contributed by atoms with van der Waals surface area (Å²) in [4.78, 5) is 35.3. The van der Waals surface area contributed by atoms with Crippen molar-refractivity contribution in [3.8, 4) is 5.75 Å². The molecule has 0 radical (unpaired) electrons. The Balaban J connectivity index is 2.42. The van der Waals surface area contributed by atoms with Gasteiger partial charge in [0.2, 0.25) is 0 Å². The summed E-state index contributed by atoms with van der Waals surface area (Å²) in [6, 6.07) is 7.98. The van der Waals surface area contributed by atoms with E-state index >= 15 is 0 Å². The van der Waals surface area contributed by atoms with Crippen LogP contribution in [-0.4, -0.2) is 23.8 Å². The van der Waals surface area contributed by atoms with E-state index in [0.29, 0.717) is 0 Å². The van der Waals surface area contributed by atoms with Gasteiger partial charge in [-0.3, -0.25) is 19.7 Å². The number of rotatable bonds is 4. The predicted molar refractivity (Wildman–Crippen MR) is 93.6 cm³/mol. The molecule has 2 aromatic rings. The van der Waals surface area contributed by atoms with Crippen molar-refractivity contribution in [3.63, 3.8) is 0 Å². The predicted octanol–water partition coefficient (Wildman–Crippen LogP) is 4.10. The number of hydrogen-bond acceptors (Lipinski definition) is 5. The lowest BCUT2D eigenvalue weighted by molar-refractivity contribution is -0.384. The minimum absolute atomic E-state index is 0.0288. The quantitative estimate of drug-likeness (QED) is 0.343. The Bertz CT molecular complexity index is 870. The first-order valence-corrected chi connectivity index (χ1v) is 7.66. The Kier molecular flexibility index (Phi) is 5.61. The zero-order chi connectivity index (χ0) is 18.7. The van der Waals surface area contributed by atoms with E-state index < -0.39 is 16.8 Å². The summed E-state index contributed by atoms with van der Waals surface area (Å²) >= 11 is 12.0. The van der Waals surface area contributed by atoms with Crippen molar-refractivity contribution in [1.29, 1.82) is 0 Å². The van der Waals surface area contributed by atoms with Gasteiger partial charge in [0.1, 0.15) is 5.75 Å². The monoisotopic (exact) mass is 382 g/mol. The van der Waals surface area contributed by atoms with Crippen molar-refractivity contribution < 1.29 is 19.2 Å². The number of nitro benzene ring substituents is 1. The number of ether oxygens (including phenoxy) is 1. The van der Waals surface area contributed by atoms with Gasteiger partial charge in [-0.2, -0.15) is 0 Å². The maximum absolute atomic E-state index is 12.8. The fraction of sp³-hybridized carbons (Fsp3) is 0.125. The number of benzene rings is 2. The van der Waals surface area contributed by atoms with Crippen molar-refractivity contribution in [2.24, 2.45) is 0 Å². The third-order valence-electron chi connectivity index (χ3n) is 3.23. The first kappa shape index (κ1) is 18.7. The van der Waals surface area contributed by atoms with Crippen molar-refractivity contribution in [2.75, 3.05) is 11.9 Å². The number of non-ortho nitro benzene ring substituents is 1. The van der Waals surface area contributed by atoms with Crippen LogP contribution in [0.15, 0.2) is 36.4 Å². The zero-order valence-corrected chi connectivity index (χ0v) is 14.7. The second kappa shape index (κ2) is 7.50. The molecule has 2 rings (SSSR count). The van der Waals surface area contributed by atoms with Crippen LogP contribution in [0.3, 0.4) is 0 Å². The van der Waals surface area contributed by atoms with Crippen molar-refractivity contribution >= 4 is 46.5 Å². The third kappa shape index (κ3) is 4.26. The van der Waals surface area contributed by atoms with Crippen molar-refractivity contribution in [3.05, 3.63) is 62.1 Å². The summed E-state index contributed by atoms with van der Waals surface area (Å²) in [6.07, 6.45) is 0. The summed E-state index contributed by atoms with van der Waals surface area (Å²) in [5.41, 5.74) is 0.114. The van der Waals surface area contributed by atoms with Gasteiger partial charge >= 0.3 is 5.97 Å². The Morgan fingerprint density at radius 3 is 2.40 bits per heavy atom. The standard InChI is InChI=1S/C16H12Cl2N2O5/c1-9(21)25-15-6-3-10(17)7-12(15)16(22)19(2)14-5-4-11(20(23)24)8-13(14)18/h3-8H,1-2H3. The molecule has 2 aromatic carbocycles. The number of anilines is 1. The van der Waals surface area contributed by atoms with Crippen LogP contribution >= 0.6 is 23.2 Å². The smallest absolute Gasteiger partial charge is 0.308 e. The average molecular weight is 383 g/mol. The Labute approximate surface area is 152 Å². The van der Waals surface area contributed by atoms with Gasteiger partial charge in [-0.05, 0) is 24.3 Å². The van der Waals surface area contributed by atoms with Crippen LogP contribution in [0, 0.1) is 10.1 Å². The van der Waals surface area contributed by atoms with E-state index in [4.69, 9.17) is 27.9 Å². The van der Waals surface area contributed by atoms with Crippen molar-refractivity contribution in [2.45, 2.75) is 6.92 Å². The number of nitrogens with zero attached hydrogens (tertiary/aromatic N) is 2. The van der Waals surface area contributed by atoms with E-state index in [1.54, 1.807) is 0 Å². The molecule has 0 aliphatic rings. The first-order chi connectivity index (χ1) is 11.7. The minimum atomic E-state index is -0.590. The number of carbonyl (C=O) groups is 2. The molecule has 0 saturated heterocycles. The molecule has 0 aliphatic carbocycles.